The Morgan fingerprint density at radius 3 is 1.58 bits per heavy atom. The quantitative estimate of drug-likeness (QED) is 0.593. The standard InChI is InChI=1S/C28H35N3/c1-31-22-19-27(24-13-7-3-8-14-24)29-20-17-26(23-11-5-2-6-12-23)30-21-18-28(31)25-15-9-4-10-16-25/h2-16,26-30H,17-22H2,1H3. The van der Waals surface area contributed by atoms with Crippen molar-refractivity contribution in [2.75, 3.05) is 26.7 Å². The van der Waals surface area contributed by atoms with E-state index in [2.05, 4.69) is 114 Å². The van der Waals surface area contributed by atoms with Crippen LogP contribution in [0.1, 0.15) is 54.1 Å². The molecule has 2 N–H and O–H groups in total. The van der Waals surface area contributed by atoms with Gasteiger partial charge in [0.15, 0.2) is 0 Å². The predicted octanol–water partition coefficient (Wildman–Crippen LogP) is 5.51. The zero-order chi connectivity index (χ0) is 21.3. The molecule has 0 spiro atoms. The molecule has 31 heavy (non-hydrogen) atoms. The van der Waals surface area contributed by atoms with Crippen LogP contribution in [0, 0.1) is 0 Å². The van der Waals surface area contributed by atoms with Gasteiger partial charge in [0.05, 0.1) is 0 Å². The van der Waals surface area contributed by atoms with Crippen LogP contribution in [0.3, 0.4) is 0 Å². The number of hydrogen-bond donors (Lipinski definition) is 2. The Morgan fingerprint density at radius 1 is 0.581 bits per heavy atom. The van der Waals surface area contributed by atoms with Gasteiger partial charge in [0, 0.05) is 24.7 Å². The van der Waals surface area contributed by atoms with E-state index in [1.807, 2.05) is 0 Å². The van der Waals surface area contributed by atoms with Gasteiger partial charge in [0.1, 0.15) is 0 Å². The summed E-state index contributed by atoms with van der Waals surface area (Å²) in [6, 6.07) is 33.9. The van der Waals surface area contributed by atoms with Crippen LogP contribution >= 0.6 is 0 Å². The fourth-order valence-electron chi connectivity index (χ4n) is 4.75. The van der Waals surface area contributed by atoms with Crippen LogP contribution in [-0.4, -0.2) is 31.6 Å². The van der Waals surface area contributed by atoms with Gasteiger partial charge in [-0.05, 0) is 56.1 Å². The maximum absolute atomic E-state index is 3.86. The van der Waals surface area contributed by atoms with E-state index in [0.29, 0.717) is 18.1 Å². The third kappa shape index (κ3) is 6.04. The molecule has 0 aliphatic carbocycles. The molecule has 1 aliphatic rings. The average Bonchev–Trinajstić information content (AvgIpc) is 2.83. The van der Waals surface area contributed by atoms with Crippen molar-refractivity contribution in [2.24, 2.45) is 0 Å². The van der Waals surface area contributed by atoms with E-state index in [1.165, 1.54) is 16.7 Å². The van der Waals surface area contributed by atoms with Gasteiger partial charge >= 0.3 is 0 Å². The summed E-state index contributed by atoms with van der Waals surface area (Å²) < 4.78 is 0. The molecule has 1 fully saturated rings. The van der Waals surface area contributed by atoms with Crippen molar-refractivity contribution >= 4 is 0 Å². The fourth-order valence-corrected chi connectivity index (χ4v) is 4.75. The topological polar surface area (TPSA) is 27.3 Å². The molecule has 3 nitrogen and oxygen atoms in total. The summed E-state index contributed by atoms with van der Waals surface area (Å²) in [6.45, 7) is 3.07. The molecule has 162 valence electrons. The summed E-state index contributed by atoms with van der Waals surface area (Å²) >= 11 is 0. The van der Waals surface area contributed by atoms with Crippen LogP contribution in [0.25, 0.3) is 0 Å². The first-order valence-electron chi connectivity index (χ1n) is 11.6. The second-order valence-electron chi connectivity index (χ2n) is 8.61. The molecule has 0 radical (unpaired) electrons. The summed E-state index contributed by atoms with van der Waals surface area (Å²) in [5.74, 6) is 0. The Kier molecular flexibility index (Phi) is 7.89. The smallest absolute Gasteiger partial charge is 0.0357 e. The largest absolute Gasteiger partial charge is 0.310 e. The van der Waals surface area contributed by atoms with E-state index >= 15 is 0 Å². The lowest BCUT2D eigenvalue weighted by atomic mass is 9.97. The number of rotatable bonds is 3. The van der Waals surface area contributed by atoms with Gasteiger partial charge in [-0.3, -0.25) is 4.90 Å². The summed E-state index contributed by atoms with van der Waals surface area (Å²) in [5, 5.41) is 7.72. The van der Waals surface area contributed by atoms with Gasteiger partial charge in [0.2, 0.25) is 0 Å². The first-order valence-corrected chi connectivity index (χ1v) is 11.6. The molecular formula is C28H35N3. The Labute approximate surface area is 187 Å². The average molecular weight is 414 g/mol. The van der Waals surface area contributed by atoms with E-state index in [9.17, 15) is 0 Å². The maximum Gasteiger partial charge on any atom is 0.0357 e. The summed E-state index contributed by atoms with van der Waals surface area (Å²) in [4.78, 5) is 2.54. The fraction of sp³-hybridized carbons (Fsp3) is 0.357. The summed E-state index contributed by atoms with van der Waals surface area (Å²) in [5.41, 5.74) is 4.17. The zero-order valence-electron chi connectivity index (χ0n) is 18.6. The minimum absolute atomic E-state index is 0.367. The third-order valence-electron chi connectivity index (χ3n) is 6.52. The normalized spacial score (nSPS) is 24.1. The first kappa shape index (κ1) is 21.8. The molecule has 0 bridgehead atoms. The highest BCUT2D eigenvalue weighted by atomic mass is 15.1. The molecule has 1 aliphatic heterocycles. The van der Waals surface area contributed by atoms with Crippen molar-refractivity contribution in [2.45, 2.75) is 37.4 Å². The van der Waals surface area contributed by atoms with Crippen LogP contribution < -0.4 is 10.6 Å². The number of nitrogens with one attached hydrogen (secondary N) is 2. The van der Waals surface area contributed by atoms with Crippen molar-refractivity contribution < 1.29 is 0 Å². The van der Waals surface area contributed by atoms with Gasteiger partial charge in [0.25, 0.3) is 0 Å². The summed E-state index contributed by atoms with van der Waals surface area (Å²) in [6.07, 6.45) is 3.29. The molecule has 0 aromatic heterocycles. The minimum atomic E-state index is 0.367. The van der Waals surface area contributed by atoms with Gasteiger partial charge in [-0.25, -0.2) is 0 Å². The van der Waals surface area contributed by atoms with Crippen molar-refractivity contribution in [3.63, 3.8) is 0 Å². The Balaban J connectivity index is 1.56. The predicted molar refractivity (Wildman–Crippen MR) is 130 cm³/mol. The van der Waals surface area contributed by atoms with Crippen molar-refractivity contribution in [1.29, 1.82) is 0 Å². The highest BCUT2D eigenvalue weighted by Crippen LogP contribution is 2.27. The molecule has 3 aromatic rings. The Morgan fingerprint density at radius 2 is 1.03 bits per heavy atom. The van der Waals surface area contributed by atoms with Crippen molar-refractivity contribution in [3.05, 3.63) is 108 Å². The van der Waals surface area contributed by atoms with E-state index in [1.54, 1.807) is 0 Å². The second-order valence-corrected chi connectivity index (χ2v) is 8.61. The molecule has 3 aromatic carbocycles. The molecule has 3 atom stereocenters. The highest BCUT2D eigenvalue weighted by Gasteiger charge is 2.21. The molecule has 3 heteroatoms. The highest BCUT2D eigenvalue weighted by molar-refractivity contribution is 5.22. The van der Waals surface area contributed by atoms with E-state index in [-0.39, 0.29) is 0 Å². The lowest BCUT2D eigenvalue weighted by Crippen LogP contribution is -2.35. The molecule has 4 rings (SSSR count). The van der Waals surface area contributed by atoms with Crippen molar-refractivity contribution in [1.82, 2.24) is 15.5 Å². The van der Waals surface area contributed by atoms with E-state index < -0.39 is 0 Å². The van der Waals surface area contributed by atoms with Crippen LogP contribution in [0.2, 0.25) is 0 Å². The SMILES string of the molecule is CN1CCC(c2ccccc2)NCCC(c2ccccc2)NCCC1c1ccccc1. The number of benzene rings is 3. The molecule has 0 saturated carbocycles. The van der Waals surface area contributed by atoms with Gasteiger partial charge in [-0.2, -0.15) is 0 Å². The lowest BCUT2D eigenvalue weighted by molar-refractivity contribution is 0.213. The summed E-state index contributed by atoms with van der Waals surface area (Å²) in [7, 11) is 2.28. The molecule has 0 amide bonds. The first-order chi connectivity index (χ1) is 15.3. The van der Waals surface area contributed by atoms with Crippen LogP contribution in [0.4, 0.5) is 0 Å². The Hall–Kier alpha value is -2.46. The molecule has 1 heterocycles. The van der Waals surface area contributed by atoms with Gasteiger partial charge < -0.3 is 10.6 Å². The monoisotopic (exact) mass is 413 g/mol. The van der Waals surface area contributed by atoms with Crippen LogP contribution in [-0.2, 0) is 0 Å². The van der Waals surface area contributed by atoms with Gasteiger partial charge in [-0.15, -0.1) is 0 Å². The van der Waals surface area contributed by atoms with Crippen LogP contribution in [0.15, 0.2) is 91.0 Å². The minimum Gasteiger partial charge on any atom is -0.310 e. The maximum atomic E-state index is 3.86. The lowest BCUT2D eigenvalue weighted by Gasteiger charge is -2.32. The van der Waals surface area contributed by atoms with Gasteiger partial charge in [-0.1, -0.05) is 91.0 Å². The Bertz CT molecular complexity index is 882. The van der Waals surface area contributed by atoms with Crippen LogP contribution in [0.5, 0.6) is 0 Å². The molecule has 1 saturated heterocycles. The second kappa shape index (κ2) is 11.2. The van der Waals surface area contributed by atoms with E-state index in [4.69, 9.17) is 0 Å². The number of nitrogens with zero attached hydrogens (tertiary/aromatic N) is 1. The zero-order valence-corrected chi connectivity index (χ0v) is 18.6. The third-order valence-corrected chi connectivity index (χ3v) is 6.52. The molecule has 3 unspecified atom stereocenters. The van der Waals surface area contributed by atoms with Crippen molar-refractivity contribution in [3.8, 4) is 0 Å². The van der Waals surface area contributed by atoms with E-state index in [0.717, 1.165) is 38.9 Å². The molecular weight excluding hydrogens is 378 g/mol. The number of hydrogen-bond acceptors (Lipinski definition) is 3.